The smallest absolute Gasteiger partial charge is 0.251 e. The zero-order valence-corrected chi connectivity index (χ0v) is 25.1. The average Bonchev–Trinajstić information content (AvgIpc) is 3.34. The highest BCUT2D eigenvalue weighted by Gasteiger charge is 2.71. The Hall–Kier alpha value is -3.56. The number of thioether (sulfide) groups is 1. The van der Waals surface area contributed by atoms with Gasteiger partial charge in [0.25, 0.3) is 5.91 Å². The number of amides is 3. The van der Waals surface area contributed by atoms with Gasteiger partial charge >= 0.3 is 0 Å². The second-order valence-corrected chi connectivity index (χ2v) is 12.9. The minimum absolute atomic E-state index is 0.106. The summed E-state index contributed by atoms with van der Waals surface area (Å²) in [5.74, 6) is -1.89. The SMILES string of the molecule is CCN(CC)c1ccc(N2CC=C[C@]34S[C@@H]5C=CCN(c6ccccc6)C(=O)[C@@H]5[C@H]3C(=O)N([C@H](C)CO)C4C2=O)cc1. The third kappa shape index (κ3) is 4.36. The Morgan fingerprint density at radius 2 is 1.55 bits per heavy atom. The number of carbonyl (C=O) groups excluding carboxylic acids is 3. The van der Waals surface area contributed by atoms with Gasteiger partial charge in [-0.25, -0.2) is 0 Å². The second-order valence-electron chi connectivity index (χ2n) is 11.4. The molecule has 9 heteroatoms. The molecule has 0 aliphatic carbocycles. The molecule has 2 aromatic carbocycles. The molecule has 1 spiro atoms. The van der Waals surface area contributed by atoms with Gasteiger partial charge in [-0.1, -0.05) is 42.5 Å². The molecule has 220 valence electrons. The lowest BCUT2D eigenvalue weighted by Gasteiger charge is -2.37. The van der Waals surface area contributed by atoms with Crippen LogP contribution >= 0.6 is 11.8 Å². The van der Waals surface area contributed by atoms with Crippen LogP contribution in [0.15, 0.2) is 78.9 Å². The van der Waals surface area contributed by atoms with Crippen LogP contribution in [0.5, 0.6) is 0 Å². The number of fused-ring (bicyclic) bond motifs is 2. The van der Waals surface area contributed by atoms with Gasteiger partial charge in [-0.3, -0.25) is 14.4 Å². The van der Waals surface area contributed by atoms with E-state index in [9.17, 15) is 19.5 Å². The maximum absolute atomic E-state index is 14.6. The highest BCUT2D eigenvalue weighted by Crippen LogP contribution is 2.61. The van der Waals surface area contributed by atoms with Crippen LogP contribution in [-0.4, -0.2) is 82.6 Å². The predicted molar refractivity (Wildman–Crippen MR) is 168 cm³/mol. The van der Waals surface area contributed by atoms with E-state index in [1.165, 1.54) is 0 Å². The van der Waals surface area contributed by atoms with Gasteiger partial charge in [-0.05, 0) is 57.2 Å². The molecule has 1 unspecified atom stereocenters. The molecule has 6 atom stereocenters. The van der Waals surface area contributed by atoms with Gasteiger partial charge in [0.1, 0.15) is 6.04 Å². The normalized spacial score (nSPS) is 29.2. The van der Waals surface area contributed by atoms with Gasteiger partial charge in [-0.15, -0.1) is 11.8 Å². The zero-order chi connectivity index (χ0) is 29.6. The van der Waals surface area contributed by atoms with E-state index in [4.69, 9.17) is 0 Å². The van der Waals surface area contributed by atoms with Crippen LogP contribution in [0.1, 0.15) is 20.8 Å². The summed E-state index contributed by atoms with van der Waals surface area (Å²) >= 11 is 1.55. The van der Waals surface area contributed by atoms with Gasteiger partial charge in [-0.2, -0.15) is 0 Å². The minimum Gasteiger partial charge on any atom is -0.394 e. The van der Waals surface area contributed by atoms with Gasteiger partial charge in [0.2, 0.25) is 11.8 Å². The summed E-state index contributed by atoms with van der Waals surface area (Å²) in [6.07, 6.45) is 8.03. The van der Waals surface area contributed by atoms with Crippen LogP contribution in [0.4, 0.5) is 17.1 Å². The van der Waals surface area contributed by atoms with E-state index in [1.807, 2.05) is 78.9 Å². The first-order chi connectivity index (χ1) is 20.4. The highest BCUT2D eigenvalue weighted by molar-refractivity contribution is 8.02. The summed E-state index contributed by atoms with van der Waals surface area (Å²) < 4.78 is -0.928. The van der Waals surface area contributed by atoms with Crippen LogP contribution in [0, 0.1) is 11.8 Å². The van der Waals surface area contributed by atoms with E-state index in [-0.39, 0.29) is 29.6 Å². The maximum Gasteiger partial charge on any atom is 0.251 e. The van der Waals surface area contributed by atoms with Crippen molar-refractivity contribution in [3.63, 3.8) is 0 Å². The second kappa shape index (κ2) is 11.3. The Kier molecular flexibility index (Phi) is 7.66. The first-order valence-corrected chi connectivity index (χ1v) is 15.7. The van der Waals surface area contributed by atoms with Crippen LogP contribution < -0.4 is 14.7 Å². The number of hydrogen-bond donors (Lipinski definition) is 1. The molecule has 4 heterocycles. The van der Waals surface area contributed by atoms with Gasteiger partial charge < -0.3 is 24.7 Å². The summed E-state index contributed by atoms with van der Waals surface area (Å²) in [5, 5.41) is 9.97. The number of carbonyl (C=O) groups is 3. The highest BCUT2D eigenvalue weighted by atomic mass is 32.2. The Morgan fingerprint density at radius 3 is 2.21 bits per heavy atom. The Labute approximate surface area is 251 Å². The van der Waals surface area contributed by atoms with Crippen molar-refractivity contribution in [1.29, 1.82) is 0 Å². The largest absolute Gasteiger partial charge is 0.394 e. The fourth-order valence-corrected chi connectivity index (χ4v) is 9.14. The molecule has 2 aromatic rings. The van der Waals surface area contributed by atoms with Crippen LogP contribution in [0.2, 0.25) is 0 Å². The summed E-state index contributed by atoms with van der Waals surface area (Å²) in [6.45, 7) is 8.28. The average molecular weight is 587 g/mol. The lowest BCUT2D eigenvalue weighted by atomic mass is 9.78. The summed E-state index contributed by atoms with van der Waals surface area (Å²) in [7, 11) is 0. The molecule has 42 heavy (non-hydrogen) atoms. The first-order valence-electron chi connectivity index (χ1n) is 14.8. The Bertz CT molecular complexity index is 1410. The van der Waals surface area contributed by atoms with E-state index in [2.05, 4.69) is 18.7 Å². The van der Waals surface area contributed by atoms with Gasteiger partial charge in [0.15, 0.2) is 0 Å². The number of hydrogen-bond acceptors (Lipinski definition) is 6. The number of rotatable bonds is 7. The standard InChI is InChI=1S/C33H38N4O4S/c1-4-34(5-2)23-14-16-25(17-15-23)36-20-10-18-33-28(31(40)37(22(3)21-38)29(33)32(36)41)27-26(42-33)13-9-19-35(30(27)39)24-11-7-6-8-12-24/h6-18,22,26-29,38H,4-5,19-21H2,1-3H3/t22-,26-,27+,28+,29?,33+/m1/s1. The van der Waals surface area contributed by atoms with Crippen LogP contribution in [-0.2, 0) is 14.4 Å². The topological polar surface area (TPSA) is 84.4 Å². The number of aliphatic hydroxyl groups is 1. The Balaban J connectivity index is 1.40. The molecule has 1 N–H and O–H groups in total. The fraction of sp³-hybridized carbons (Fsp3) is 0.424. The summed E-state index contributed by atoms with van der Waals surface area (Å²) in [5.41, 5.74) is 2.63. The molecule has 8 nitrogen and oxygen atoms in total. The van der Waals surface area contributed by atoms with Crippen molar-refractivity contribution in [2.75, 3.05) is 47.5 Å². The monoisotopic (exact) mass is 586 g/mol. The Morgan fingerprint density at radius 1 is 0.905 bits per heavy atom. The van der Waals surface area contributed by atoms with Crippen molar-refractivity contribution in [2.45, 2.75) is 42.9 Å². The molecule has 2 saturated heterocycles. The number of anilines is 3. The first kappa shape index (κ1) is 28.6. The maximum atomic E-state index is 14.6. The number of para-hydroxylation sites is 1. The molecular formula is C33H38N4O4S. The third-order valence-corrected chi connectivity index (χ3v) is 10.9. The van der Waals surface area contributed by atoms with E-state index in [1.54, 1.807) is 33.4 Å². The molecule has 0 radical (unpaired) electrons. The van der Waals surface area contributed by atoms with Crippen LogP contribution in [0.3, 0.4) is 0 Å². The molecule has 4 aliphatic rings. The molecule has 6 rings (SSSR count). The lowest BCUT2D eigenvalue weighted by Crippen LogP contribution is -2.56. The van der Waals surface area contributed by atoms with E-state index in [0.717, 1.165) is 30.2 Å². The molecule has 4 aliphatic heterocycles. The minimum atomic E-state index is -0.928. The molecule has 0 bridgehead atoms. The zero-order valence-electron chi connectivity index (χ0n) is 24.3. The molecule has 3 amide bonds. The van der Waals surface area contributed by atoms with Crippen LogP contribution in [0.25, 0.3) is 0 Å². The number of aliphatic hydroxyl groups excluding tert-OH is 1. The van der Waals surface area contributed by atoms with Gasteiger partial charge in [0, 0.05) is 48.5 Å². The van der Waals surface area contributed by atoms with E-state index >= 15 is 0 Å². The number of likely N-dealkylation sites (tertiary alicyclic amines) is 1. The molecule has 0 aromatic heterocycles. The molecule has 2 fully saturated rings. The van der Waals surface area contributed by atoms with Crippen molar-refractivity contribution in [1.82, 2.24) is 4.90 Å². The predicted octanol–water partition coefficient (Wildman–Crippen LogP) is 3.72. The van der Waals surface area contributed by atoms with Gasteiger partial charge in [0.05, 0.1) is 29.2 Å². The van der Waals surface area contributed by atoms with Crippen molar-refractivity contribution >= 4 is 46.5 Å². The number of benzene rings is 2. The summed E-state index contributed by atoms with van der Waals surface area (Å²) in [6, 6.07) is 16.1. The molecule has 0 saturated carbocycles. The van der Waals surface area contributed by atoms with E-state index < -0.39 is 28.7 Å². The van der Waals surface area contributed by atoms with Crippen molar-refractivity contribution in [2.24, 2.45) is 11.8 Å². The lowest BCUT2D eigenvalue weighted by molar-refractivity contribution is -0.141. The quantitative estimate of drug-likeness (QED) is 0.498. The van der Waals surface area contributed by atoms with Crippen molar-refractivity contribution in [3.8, 4) is 0 Å². The third-order valence-electron chi connectivity index (χ3n) is 9.19. The summed E-state index contributed by atoms with van der Waals surface area (Å²) in [4.78, 5) is 50.5. The van der Waals surface area contributed by atoms with Crippen molar-refractivity contribution in [3.05, 3.63) is 78.9 Å². The number of nitrogens with zero attached hydrogens (tertiary/aromatic N) is 4. The van der Waals surface area contributed by atoms with Crippen molar-refractivity contribution < 1.29 is 19.5 Å². The molecular weight excluding hydrogens is 548 g/mol. The van der Waals surface area contributed by atoms with E-state index in [0.29, 0.717) is 13.1 Å². The fourth-order valence-electron chi connectivity index (χ4n) is 7.14.